The molecular formula is C40H25NS2. The van der Waals surface area contributed by atoms with Crippen LogP contribution in [0.4, 0.5) is 17.1 Å². The Hall–Kier alpha value is -4.96. The van der Waals surface area contributed by atoms with Crippen molar-refractivity contribution in [2.45, 2.75) is 0 Å². The highest BCUT2D eigenvalue weighted by atomic mass is 32.1. The zero-order valence-corrected chi connectivity index (χ0v) is 24.8. The van der Waals surface area contributed by atoms with E-state index in [-0.39, 0.29) is 0 Å². The van der Waals surface area contributed by atoms with Crippen molar-refractivity contribution in [3.8, 4) is 11.1 Å². The van der Waals surface area contributed by atoms with Gasteiger partial charge in [-0.25, -0.2) is 0 Å². The fourth-order valence-electron chi connectivity index (χ4n) is 6.51. The Balaban J connectivity index is 1.35. The highest BCUT2D eigenvalue weighted by Gasteiger charge is 2.21. The van der Waals surface area contributed by atoms with E-state index in [0.717, 1.165) is 5.69 Å². The van der Waals surface area contributed by atoms with Crippen LogP contribution in [-0.2, 0) is 0 Å². The van der Waals surface area contributed by atoms with Crippen LogP contribution in [0.5, 0.6) is 0 Å². The molecule has 0 aliphatic carbocycles. The third-order valence-corrected chi connectivity index (χ3v) is 10.9. The maximum absolute atomic E-state index is 2.49. The van der Waals surface area contributed by atoms with Crippen LogP contribution in [0.3, 0.4) is 0 Å². The Morgan fingerprint density at radius 2 is 0.907 bits per heavy atom. The maximum Gasteiger partial charge on any atom is 0.0640 e. The molecule has 0 bridgehead atoms. The van der Waals surface area contributed by atoms with Gasteiger partial charge in [0.25, 0.3) is 0 Å². The van der Waals surface area contributed by atoms with Gasteiger partial charge in [-0.15, -0.1) is 22.7 Å². The molecule has 2 heterocycles. The van der Waals surface area contributed by atoms with E-state index in [2.05, 4.69) is 157 Å². The Morgan fingerprint density at radius 3 is 1.58 bits per heavy atom. The molecule has 9 aromatic rings. The molecule has 202 valence electrons. The quantitative estimate of drug-likeness (QED) is 0.199. The summed E-state index contributed by atoms with van der Waals surface area (Å²) >= 11 is 3.76. The summed E-state index contributed by atoms with van der Waals surface area (Å²) in [5.74, 6) is 0. The number of rotatable bonds is 4. The third-order valence-electron chi connectivity index (χ3n) is 8.45. The minimum Gasteiger partial charge on any atom is -0.308 e. The number of hydrogen-bond acceptors (Lipinski definition) is 3. The average Bonchev–Trinajstić information content (AvgIpc) is 3.64. The number of hydrogen-bond donors (Lipinski definition) is 0. The monoisotopic (exact) mass is 583 g/mol. The summed E-state index contributed by atoms with van der Waals surface area (Å²) in [7, 11) is 0. The summed E-state index contributed by atoms with van der Waals surface area (Å²) in [6, 6.07) is 55.4. The molecule has 0 amide bonds. The van der Waals surface area contributed by atoms with Crippen molar-refractivity contribution >= 4 is 90.9 Å². The molecular weight excluding hydrogens is 559 g/mol. The summed E-state index contributed by atoms with van der Waals surface area (Å²) < 4.78 is 5.23. The van der Waals surface area contributed by atoms with Crippen LogP contribution in [0.1, 0.15) is 0 Å². The standard InChI is InChI=1S/C40H25NS2/c1-2-15-29-26(11-1)12-8-18-30(29)27-13-7-14-28(25-27)41(35-21-9-19-33-31-16-3-5-23-37(31)42-39(33)35)36-22-10-20-34-32-17-4-6-24-38(32)43-40(34)36/h1-25H. The third kappa shape index (κ3) is 3.90. The van der Waals surface area contributed by atoms with Crippen molar-refractivity contribution in [1.29, 1.82) is 0 Å². The zero-order chi connectivity index (χ0) is 28.3. The minimum atomic E-state index is 1.15. The molecule has 1 nitrogen and oxygen atoms in total. The summed E-state index contributed by atoms with van der Waals surface area (Å²) in [5, 5.41) is 7.76. The van der Waals surface area contributed by atoms with Crippen LogP contribution in [0, 0.1) is 0 Å². The Labute approximate surface area is 257 Å². The second-order valence-electron chi connectivity index (χ2n) is 10.9. The van der Waals surface area contributed by atoms with Crippen LogP contribution in [-0.4, -0.2) is 0 Å². The molecule has 0 spiro atoms. The van der Waals surface area contributed by atoms with Gasteiger partial charge in [-0.05, 0) is 58.3 Å². The van der Waals surface area contributed by atoms with Crippen LogP contribution in [0.25, 0.3) is 62.2 Å². The van der Waals surface area contributed by atoms with Crippen molar-refractivity contribution in [2.24, 2.45) is 0 Å². The number of benzene rings is 7. The van der Waals surface area contributed by atoms with E-state index < -0.39 is 0 Å². The summed E-state index contributed by atoms with van der Waals surface area (Å²) in [6.07, 6.45) is 0. The molecule has 0 aliphatic heterocycles. The van der Waals surface area contributed by atoms with Gasteiger partial charge in [-0.1, -0.05) is 115 Å². The van der Waals surface area contributed by atoms with Crippen molar-refractivity contribution in [1.82, 2.24) is 0 Å². The maximum atomic E-state index is 2.49. The van der Waals surface area contributed by atoms with Gasteiger partial charge in [-0.2, -0.15) is 0 Å². The first-order valence-corrected chi connectivity index (χ1v) is 16.2. The Kier molecular flexibility index (Phi) is 5.62. The topological polar surface area (TPSA) is 3.24 Å². The number of thiophene rings is 2. The largest absolute Gasteiger partial charge is 0.308 e. The molecule has 0 saturated carbocycles. The number of nitrogens with zero attached hydrogens (tertiary/aromatic N) is 1. The lowest BCUT2D eigenvalue weighted by Crippen LogP contribution is -2.10. The molecule has 0 N–H and O–H groups in total. The molecule has 0 radical (unpaired) electrons. The van der Waals surface area contributed by atoms with Crippen LogP contribution in [0.2, 0.25) is 0 Å². The van der Waals surface area contributed by atoms with Gasteiger partial charge in [0.1, 0.15) is 0 Å². The first kappa shape index (κ1) is 24.6. The van der Waals surface area contributed by atoms with Crippen molar-refractivity contribution in [2.75, 3.05) is 4.90 Å². The Bertz CT molecular complexity index is 2360. The second kappa shape index (κ2) is 9.81. The molecule has 0 saturated heterocycles. The molecule has 0 aliphatic rings. The normalized spacial score (nSPS) is 11.7. The van der Waals surface area contributed by atoms with E-state index in [1.54, 1.807) is 0 Å². The average molecular weight is 584 g/mol. The lowest BCUT2D eigenvalue weighted by Gasteiger charge is -2.27. The zero-order valence-electron chi connectivity index (χ0n) is 23.2. The first-order valence-electron chi connectivity index (χ1n) is 14.5. The highest BCUT2D eigenvalue weighted by molar-refractivity contribution is 7.27. The van der Waals surface area contributed by atoms with E-state index in [4.69, 9.17) is 0 Å². The first-order chi connectivity index (χ1) is 21.3. The van der Waals surface area contributed by atoms with Gasteiger partial charge in [0.2, 0.25) is 0 Å². The van der Waals surface area contributed by atoms with E-state index >= 15 is 0 Å². The van der Waals surface area contributed by atoms with Gasteiger partial charge >= 0.3 is 0 Å². The summed E-state index contributed by atoms with van der Waals surface area (Å²) in [6.45, 7) is 0. The lowest BCUT2D eigenvalue weighted by molar-refractivity contribution is 1.32. The van der Waals surface area contributed by atoms with Gasteiger partial charge in [-0.3, -0.25) is 0 Å². The fraction of sp³-hybridized carbons (Fsp3) is 0. The van der Waals surface area contributed by atoms with E-state index in [0.29, 0.717) is 0 Å². The van der Waals surface area contributed by atoms with E-state index in [1.807, 2.05) is 22.7 Å². The lowest BCUT2D eigenvalue weighted by atomic mass is 9.97. The summed E-state index contributed by atoms with van der Waals surface area (Å²) in [5.41, 5.74) is 6.03. The van der Waals surface area contributed by atoms with E-state index in [1.165, 1.54) is 73.6 Å². The van der Waals surface area contributed by atoms with Gasteiger partial charge in [0, 0.05) is 36.6 Å². The predicted octanol–water partition coefficient (Wildman–Crippen LogP) is 12.7. The minimum absolute atomic E-state index is 1.15. The Morgan fingerprint density at radius 1 is 0.395 bits per heavy atom. The van der Waals surface area contributed by atoms with Gasteiger partial charge in [0.15, 0.2) is 0 Å². The molecule has 0 atom stereocenters. The predicted molar refractivity (Wildman–Crippen MR) is 190 cm³/mol. The van der Waals surface area contributed by atoms with Crippen LogP contribution in [0.15, 0.2) is 152 Å². The van der Waals surface area contributed by atoms with Crippen molar-refractivity contribution in [3.05, 3.63) is 152 Å². The van der Waals surface area contributed by atoms with Crippen molar-refractivity contribution < 1.29 is 0 Å². The molecule has 9 rings (SSSR count). The second-order valence-corrected chi connectivity index (χ2v) is 13.0. The fourth-order valence-corrected chi connectivity index (χ4v) is 8.93. The molecule has 43 heavy (non-hydrogen) atoms. The van der Waals surface area contributed by atoms with Crippen LogP contribution < -0.4 is 4.90 Å². The smallest absolute Gasteiger partial charge is 0.0640 e. The molecule has 0 fully saturated rings. The van der Waals surface area contributed by atoms with Crippen molar-refractivity contribution in [3.63, 3.8) is 0 Å². The highest BCUT2D eigenvalue weighted by Crippen LogP contribution is 2.49. The number of fused-ring (bicyclic) bond motifs is 7. The van der Waals surface area contributed by atoms with Gasteiger partial charge in [0.05, 0.1) is 20.8 Å². The molecule has 2 aromatic heterocycles. The molecule has 0 unspecified atom stereocenters. The molecule has 7 aromatic carbocycles. The van der Waals surface area contributed by atoms with Crippen LogP contribution >= 0.6 is 22.7 Å². The van der Waals surface area contributed by atoms with Gasteiger partial charge < -0.3 is 4.90 Å². The molecule has 3 heteroatoms. The summed E-state index contributed by atoms with van der Waals surface area (Å²) in [4.78, 5) is 2.49. The van der Waals surface area contributed by atoms with E-state index in [9.17, 15) is 0 Å². The SMILES string of the molecule is c1cc(-c2cccc3ccccc23)cc(N(c2cccc3c2sc2ccccc23)c2cccc3c2sc2ccccc23)c1. The number of anilines is 3.